The number of rotatable bonds is 3. The maximum atomic E-state index is 9.69. The highest BCUT2D eigenvalue weighted by atomic mass is 16.5. The fourth-order valence-electron chi connectivity index (χ4n) is 4.22. The molecule has 0 saturated heterocycles. The number of benzene rings is 4. The van der Waals surface area contributed by atoms with Crippen LogP contribution in [0.1, 0.15) is 11.1 Å². The average molecular weight is 352 g/mol. The summed E-state index contributed by atoms with van der Waals surface area (Å²) >= 11 is 0. The van der Waals surface area contributed by atoms with E-state index in [1.807, 2.05) is 24.3 Å². The summed E-state index contributed by atoms with van der Waals surface area (Å²) in [7, 11) is 1.69. The van der Waals surface area contributed by atoms with Crippen LogP contribution in [0.2, 0.25) is 0 Å². The van der Waals surface area contributed by atoms with Gasteiger partial charge in [-0.1, -0.05) is 48.5 Å². The van der Waals surface area contributed by atoms with Crippen LogP contribution in [0.15, 0.2) is 72.8 Å². The number of aryl methyl sites for hydroxylation is 2. The number of phenolic OH excluding ortho intramolecular Hbond substituents is 1. The van der Waals surface area contributed by atoms with Gasteiger partial charge in [0.25, 0.3) is 0 Å². The zero-order chi connectivity index (χ0) is 18.4. The third-order valence-electron chi connectivity index (χ3n) is 5.58. The van der Waals surface area contributed by atoms with Crippen LogP contribution in [-0.4, -0.2) is 12.2 Å². The monoisotopic (exact) mass is 352 g/mol. The molecule has 0 amide bonds. The van der Waals surface area contributed by atoms with E-state index in [1.54, 1.807) is 19.2 Å². The molecule has 1 aliphatic rings. The molecule has 0 saturated carbocycles. The lowest BCUT2D eigenvalue weighted by Crippen LogP contribution is -1.90. The van der Waals surface area contributed by atoms with Gasteiger partial charge in [-0.3, -0.25) is 0 Å². The largest absolute Gasteiger partial charge is 0.508 e. The average Bonchev–Trinajstić information content (AvgIpc) is 3.14. The Labute approximate surface area is 158 Å². The standard InChI is InChI=1S/C25H20O2/c1-27-21-12-6-17(7-13-21)23-15-9-19-3-2-18-8-14-22(25(23)24(18)19)16-4-10-20(26)11-5-16/h4-15,26H,2-3H2,1H3. The van der Waals surface area contributed by atoms with Crippen LogP contribution in [0.25, 0.3) is 33.0 Å². The smallest absolute Gasteiger partial charge is 0.118 e. The van der Waals surface area contributed by atoms with Crippen LogP contribution in [0.3, 0.4) is 0 Å². The highest BCUT2D eigenvalue weighted by molar-refractivity contribution is 6.09. The Kier molecular flexibility index (Phi) is 3.64. The topological polar surface area (TPSA) is 29.5 Å². The van der Waals surface area contributed by atoms with Gasteiger partial charge in [-0.25, -0.2) is 0 Å². The molecule has 1 N–H and O–H groups in total. The number of hydrogen-bond acceptors (Lipinski definition) is 2. The van der Waals surface area contributed by atoms with Crippen molar-refractivity contribution in [3.63, 3.8) is 0 Å². The van der Waals surface area contributed by atoms with Gasteiger partial charge in [0.05, 0.1) is 7.11 Å². The third-order valence-corrected chi connectivity index (χ3v) is 5.58. The molecule has 0 aliphatic heterocycles. The molecule has 0 heterocycles. The van der Waals surface area contributed by atoms with Gasteiger partial charge in [0.15, 0.2) is 0 Å². The van der Waals surface area contributed by atoms with Crippen molar-refractivity contribution in [3.05, 3.63) is 83.9 Å². The van der Waals surface area contributed by atoms with Crippen molar-refractivity contribution in [2.45, 2.75) is 12.8 Å². The molecule has 132 valence electrons. The minimum atomic E-state index is 0.292. The van der Waals surface area contributed by atoms with Crippen molar-refractivity contribution in [3.8, 4) is 33.8 Å². The zero-order valence-electron chi connectivity index (χ0n) is 15.2. The van der Waals surface area contributed by atoms with Crippen LogP contribution in [-0.2, 0) is 12.8 Å². The first kappa shape index (κ1) is 16.0. The first-order chi connectivity index (χ1) is 13.2. The molecule has 2 nitrogen and oxygen atoms in total. The summed E-state index contributed by atoms with van der Waals surface area (Å²) in [4.78, 5) is 0. The second kappa shape index (κ2) is 6.17. The quantitative estimate of drug-likeness (QED) is 0.491. The second-order valence-corrected chi connectivity index (χ2v) is 7.07. The molecule has 0 unspecified atom stereocenters. The Morgan fingerprint density at radius 3 is 1.67 bits per heavy atom. The van der Waals surface area contributed by atoms with Crippen LogP contribution in [0, 0.1) is 0 Å². The van der Waals surface area contributed by atoms with Gasteiger partial charge in [-0.2, -0.15) is 0 Å². The zero-order valence-corrected chi connectivity index (χ0v) is 15.2. The van der Waals surface area contributed by atoms with Crippen molar-refractivity contribution in [2.24, 2.45) is 0 Å². The summed E-state index contributed by atoms with van der Waals surface area (Å²) in [5, 5.41) is 12.4. The highest BCUT2D eigenvalue weighted by Crippen LogP contribution is 2.43. The van der Waals surface area contributed by atoms with Crippen LogP contribution >= 0.6 is 0 Å². The molecule has 0 aromatic heterocycles. The van der Waals surface area contributed by atoms with E-state index < -0.39 is 0 Å². The van der Waals surface area contributed by atoms with Gasteiger partial charge in [-0.15, -0.1) is 0 Å². The van der Waals surface area contributed by atoms with E-state index >= 15 is 0 Å². The molecular formula is C25H20O2. The minimum Gasteiger partial charge on any atom is -0.508 e. The summed E-state index contributed by atoms with van der Waals surface area (Å²) in [6, 6.07) is 24.8. The number of methoxy groups -OCH3 is 1. The van der Waals surface area contributed by atoms with Gasteiger partial charge in [0, 0.05) is 0 Å². The summed E-state index contributed by atoms with van der Waals surface area (Å²) in [6.45, 7) is 0. The molecule has 0 fully saturated rings. The number of ether oxygens (including phenoxy) is 1. The summed E-state index contributed by atoms with van der Waals surface area (Å²) in [5.74, 6) is 1.16. The van der Waals surface area contributed by atoms with Crippen LogP contribution < -0.4 is 4.74 Å². The van der Waals surface area contributed by atoms with Crippen LogP contribution in [0.4, 0.5) is 0 Å². The summed E-state index contributed by atoms with van der Waals surface area (Å²) < 4.78 is 5.32. The van der Waals surface area contributed by atoms with E-state index in [4.69, 9.17) is 4.74 Å². The maximum Gasteiger partial charge on any atom is 0.118 e. The molecule has 2 heteroatoms. The van der Waals surface area contributed by atoms with Gasteiger partial charge < -0.3 is 9.84 Å². The van der Waals surface area contributed by atoms with E-state index in [1.165, 1.54) is 38.6 Å². The van der Waals surface area contributed by atoms with Crippen molar-refractivity contribution in [2.75, 3.05) is 7.11 Å². The number of aromatic hydroxyl groups is 1. The lowest BCUT2D eigenvalue weighted by Gasteiger charge is -2.15. The van der Waals surface area contributed by atoms with Crippen LogP contribution in [0.5, 0.6) is 11.5 Å². The lowest BCUT2D eigenvalue weighted by molar-refractivity contribution is 0.415. The maximum absolute atomic E-state index is 9.69. The number of hydrogen-bond donors (Lipinski definition) is 1. The molecule has 4 aromatic rings. The molecule has 0 bridgehead atoms. The van der Waals surface area contributed by atoms with Gasteiger partial charge in [0.1, 0.15) is 11.5 Å². The van der Waals surface area contributed by atoms with Gasteiger partial charge in [0.2, 0.25) is 0 Å². The van der Waals surface area contributed by atoms with E-state index in [0.29, 0.717) is 5.75 Å². The first-order valence-electron chi connectivity index (χ1n) is 9.26. The molecule has 4 aromatic carbocycles. The predicted molar refractivity (Wildman–Crippen MR) is 110 cm³/mol. The SMILES string of the molecule is COc1ccc(-c2ccc3c4c(ccc(-c5ccc(O)cc5)c24)CC3)cc1. The summed E-state index contributed by atoms with van der Waals surface area (Å²) in [6.07, 6.45) is 2.21. The van der Waals surface area contributed by atoms with E-state index in [-0.39, 0.29) is 0 Å². The lowest BCUT2D eigenvalue weighted by atomic mass is 9.89. The Bertz CT molecular complexity index is 1130. The Morgan fingerprint density at radius 1 is 0.630 bits per heavy atom. The van der Waals surface area contributed by atoms with E-state index in [2.05, 4.69) is 36.4 Å². The third kappa shape index (κ3) is 2.57. The minimum absolute atomic E-state index is 0.292. The molecule has 0 atom stereocenters. The molecule has 1 aliphatic carbocycles. The van der Waals surface area contributed by atoms with E-state index in [9.17, 15) is 5.11 Å². The van der Waals surface area contributed by atoms with Crippen molar-refractivity contribution < 1.29 is 9.84 Å². The predicted octanol–water partition coefficient (Wildman–Crippen LogP) is 5.99. The molecule has 0 radical (unpaired) electrons. The summed E-state index contributed by atoms with van der Waals surface area (Å²) in [5.41, 5.74) is 7.62. The first-order valence-corrected chi connectivity index (χ1v) is 9.26. The van der Waals surface area contributed by atoms with Gasteiger partial charge in [-0.05, 0) is 81.3 Å². The fourth-order valence-corrected chi connectivity index (χ4v) is 4.22. The Balaban J connectivity index is 1.82. The second-order valence-electron chi connectivity index (χ2n) is 7.07. The fraction of sp³-hybridized carbons (Fsp3) is 0.120. The Morgan fingerprint density at radius 2 is 1.15 bits per heavy atom. The normalized spacial score (nSPS) is 12.5. The Hall–Kier alpha value is -3.26. The molecule has 0 spiro atoms. The van der Waals surface area contributed by atoms with Gasteiger partial charge >= 0.3 is 0 Å². The van der Waals surface area contributed by atoms with Crippen molar-refractivity contribution >= 4 is 10.8 Å². The highest BCUT2D eigenvalue weighted by Gasteiger charge is 2.20. The molecule has 5 rings (SSSR count). The number of phenols is 1. The van der Waals surface area contributed by atoms with Crippen molar-refractivity contribution in [1.82, 2.24) is 0 Å². The van der Waals surface area contributed by atoms with Crippen molar-refractivity contribution in [1.29, 1.82) is 0 Å². The molecular weight excluding hydrogens is 332 g/mol. The molecule has 27 heavy (non-hydrogen) atoms. The van der Waals surface area contributed by atoms with E-state index in [0.717, 1.165) is 24.2 Å².